The molecule has 1 saturated carbocycles. The molecule has 1 fully saturated rings. The molecule has 3 N–H and O–H groups in total. The van der Waals surface area contributed by atoms with E-state index in [0.717, 1.165) is 12.8 Å². The van der Waals surface area contributed by atoms with Crippen LogP contribution in [-0.4, -0.2) is 28.7 Å². The Morgan fingerprint density at radius 1 is 1.38 bits per heavy atom. The fraction of sp³-hybridized carbons (Fsp3) is 0.818. The molecule has 2 amide bonds. The molecule has 5 nitrogen and oxygen atoms in total. The van der Waals surface area contributed by atoms with Crippen molar-refractivity contribution in [3.05, 3.63) is 0 Å². The number of urea groups is 1. The molecule has 0 aromatic rings. The number of carbonyl (C=O) groups excluding carboxylic acids is 1. The van der Waals surface area contributed by atoms with Gasteiger partial charge >= 0.3 is 12.0 Å². The van der Waals surface area contributed by atoms with Crippen LogP contribution in [0.2, 0.25) is 0 Å². The summed E-state index contributed by atoms with van der Waals surface area (Å²) in [5, 5.41) is 14.2. The summed E-state index contributed by atoms with van der Waals surface area (Å²) in [6.45, 7) is 5.54. The van der Waals surface area contributed by atoms with Gasteiger partial charge in [-0.2, -0.15) is 0 Å². The van der Waals surface area contributed by atoms with Gasteiger partial charge in [-0.3, -0.25) is 4.79 Å². The van der Waals surface area contributed by atoms with E-state index >= 15 is 0 Å². The van der Waals surface area contributed by atoms with Crippen molar-refractivity contribution in [2.45, 2.75) is 51.6 Å². The first-order chi connectivity index (χ1) is 7.28. The van der Waals surface area contributed by atoms with Crippen molar-refractivity contribution in [2.75, 3.05) is 0 Å². The Labute approximate surface area is 95.6 Å². The highest BCUT2D eigenvalue weighted by Crippen LogP contribution is 2.26. The number of carbonyl (C=O) groups is 2. The van der Waals surface area contributed by atoms with Crippen LogP contribution in [-0.2, 0) is 4.79 Å². The summed E-state index contributed by atoms with van der Waals surface area (Å²) in [5.74, 6) is -0.236. The van der Waals surface area contributed by atoms with E-state index in [9.17, 15) is 9.59 Å². The highest BCUT2D eigenvalue weighted by atomic mass is 16.4. The average molecular weight is 228 g/mol. The van der Waals surface area contributed by atoms with Gasteiger partial charge in [-0.15, -0.1) is 0 Å². The van der Waals surface area contributed by atoms with Crippen molar-refractivity contribution in [3.8, 4) is 0 Å². The van der Waals surface area contributed by atoms with Gasteiger partial charge in [0.25, 0.3) is 0 Å². The fourth-order valence-electron chi connectivity index (χ4n) is 1.97. The van der Waals surface area contributed by atoms with E-state index in [4.69, 9.17) is 5.11 Å². The predicted octanol–water partition coefficient (Wildman–Crippen LogP) is 1.34. The molecule has 1 aliphatic rings. The van der Waals surface area contributed by atoms with E-state index in [1.807, 2.05) is 0 Å². The lowest BCUT2D eigenvalue weighted by Gasteiger charge is -2.34. The summed E-state index contributed by atoms with van der Waals surface area (Å²) in [6, 6.07) is -0.0289. The van der Waals surface area contributed by atoms with Gasteiger partial charge in [0, 0.05) is 11.6 Å². The molecule has 0 aromatic heterocycles. The Morgan fingerprint density at radius 2 is 1.94 bits per heavy atom. The van der Waals surface area contributed by atoms with E-state index in [0.29, 0.717) is 5.92 Å². The smallest absolute Gasteiger partial charge is 0.315 e. The Kier molecular flexibility index (Phi) is 3.78. The van der Waals surface area contributed by atoms with Crippen LogP contribution >= 0.6 is 0 Å². The topological polar surface area (TPSA) is 78.4 Å². The second kappa shape index (κ2) is 4.72. The van der Waals surface area contributed by atoms with E-state index in [2.05, 4.69) is 17.6 Å². The standard InChI is InChI=1S/C11H20N2O3/c1-7-4-8(5-7)12-10(16)13-11(2,3)6-9(14)15/h7-8H,4-6H2,1-3H3,(H,14,15)(H2,12,13,16). The number of nitrogens with one attached hydrogen (secondary N) is 2. The molecule has 0 radical (unpaired) electrons. The number of aliphatic carboxylic acids is 1. The van der Waals surface area contributed by atoms with Gasteiger partial charge in [0.05, 0.1) is 6.42 Å². The quantitative estimate of drug-likeness (QED) is 0.679. The molecule has 0 spiro atoms. The van der Waals surface area contributed by atoms with Crippen LogP contribution in [0.1, 0.15) is 40.0 Å². The van der Waals surface area contributed by atoms with Crippen molar-refractivity contribution < 1.29 is 14.7 Å². The number of hydrogen-bond donors (Lipinski definition) is 3. The maximum Gasteiger partial charge on any atom is 0.315 e. The molecule has 0 heterocycles. The molecule has 0 aromatic carbocycles. The van der Waals surface area contributed by atoms with Gasteiger partial charge in [0.2, 0.25) is 0 Å². The summed E-state index contributed by atoms with van der Waals surface area (Å²) in [7, 11) is 0. The van der Waals surface area contributed by atoms with Gasteiger partial charge in [-0.1, -0.05) is 6.92 Å². The van der Waals surface area contributed by atoms with Gasteiger partial charge in [-0.05, 0) is 32.6 Å². The van der Waals surface area contributed by atoms with E-state index in [1.165, 1.54) is 0 Å². The Bertz CT molecular complexity index is 283. The van der Waals surface area contributed by atoms with Crippen molar-refractivity contribution in [2.24, 2.45) is 5.92 Å². The first-order valence-corrected chi connectivity index (χ1v) is 5.59. The second-order valence-electron chi connectivity index (χ2n) is 5.33. The van der Waals surface area contributed by atoms with Gasteiger partial charge in [0.1, 0.15) is 0 Å². The predicted molar refractivity (Wildman–Crippen MR) is 60.2 cm³/mol. The third kappa shape index (κ3) is 4.08. The fourth-order valence-corrected chi connectivity index (χ4v) is 1.97. The molecule has 0 atom stereocenters. The molecule has 0 aliphatic heterocycles. The molecular weight excluding hydrogens is 208 g/mol. The van der Waals surface area contributed by atoms with E-state index in [-0.39, 0.29) is 18.5 Å². The summed E-state index contributed by atoms with van der Waals surface area (Å²) < 4.78 is 0. The Hall–Kier alpha value is -1.26. The maximum absolute atomic E-state index is 11.5. The molecule has 1 rings (SSSR count). The van der Waals surface area contributed by atoms with Crippen LogP contribution in [0.25, 0.3) is 0 Å². The second-order valence-corrected chi connectivity index (χ2v) is 5.33. The molecule has 92 valence electrons. The first-order valence-electron chi connectivity index (χ1n) is 5.59. The average Bonchev–Trinajstić information content (AvgIpc) is 1.96. The van der Waals surface area contributed by atoms with Crippen LogP contribution in [0, 0.1) is 5.92 Å². The van der Waals surface area contributed by atoms with E-state index < -0.39 is 11.5 Å². The first kappa shape index (κ1) is 12.8. The third-order valence-corrected chi connectivity index (χ3v) is 2.75. The lowest BCUT2D eigenvalue weighted by molar-refractivity contribution is -0.138. The summed E-state index contributed by atoms with van der Waals surface area (Å²) in [5.41, 5.74) is -0.717. The lowest BCUT2D eigenvalue weighted by atomic mass is 9.82. The maximum atomic E-state index is 11.5. The minimum absolute atomic E-state index is 0.0819. The number of hydrogen-bond acceptors (Lipinski definition) is 2. The van der Waals surface area contributed by atoms with Crippen LogP contribution < -0.4 is 10.6 Å². The molecule has 0 unspecified atom stereocenters. The van der Waals surface area contributed by atoms with Crippen molar-refractivity contribution >= 4 is 12.0 Å². The highest BCUT2D eigenvalue weighted by molar-refractivity contribution is 5.76. The SMILES string of the molecule is CC1CC(NC(=O)NC(C)(C)CC(=O)O)C1. The molecule has 1 aliphatic carbocycles. The van der Waals surface area contributed by atoms with Crippen LogP contribution in [0.5, 0.6) is 0 Å². The van der Waals surface area contributed by atoms with Crippen molar-refractivity contribution in [1.29, 1.82) is 0 Å². The number of amides is 2. The lowest BCUT2D eigenvalue weighted by Crippen LogP contribution is -2.54. The van der Waals surface area contributed by atoms with Crippen LogP contribution in [0.3, 0.4) is 0 Å². The van der Waals surface area contributed by atoms with E-state index in [1.54, 1.807) is 13.8 Å². The Balaban J connectivity index is 2.30. The zero-order chi connectivity index (χ0) is 12.3. The summed E-state index contributed by atoms with van der Waals surface area (Å²) >= 11 is 0. The van der Waals surface area contributed by atoms with Gasteiger partial charge in [0.15, 0.2) is 0 Å². The minimum atomic E-state index is -0.914. The molecular formula is C11H20N2O3. The molecule has 16 heavy (non-hydrogen) atoms. The monoisotopic (exact) mass is 228 g/mol. The summed E-state index contributed by atoms with van der Waals surface area (Å²) in [4.78, 5) is 22.1. The number of carboxylic acid groups (broad SMARTS) is 1. The van der Waals surface area contributed by atoms with Crippen molar-refractivity contribution in [1.82, 2.24) is 10.6 Å². The third-order valence-electron chi connectivity index (χ3n) is 2.75. The molecule has 5 heteroatoms. The summed E-state index contributed by atoms with van der Waals surface area (Å²) in [6.07, 6.45) is 1.93. The largest absolute Gasteiger partial charge is 0.481 e. The molecule has 0 saturated heterocycles. The molecule has 0 bridgehead atoms. The zero-order valence-electron chi connectivity index (χ0n) is 10.0. The van der Waals surface area contributed by atoms with Gasteiger partial charge in [-0.25, -0.2) is 4.79 Å². The van der Waals surface area contributed by atoms with Crippen LogP contribution in [0.15, 0.2) is 0 Å². The Morgan fingerprint density at radius 3 is 2.38 bits per heavy atom. The minimum Gasteiger partial charge on any atom is -0.481 e. The normalized spacial score (nSPS) is 24.4. The zero-order valence-corrected chi connectivity index (χ0v) is 10.0. The van der Waals surface area contributed by atoms with Crippen molar-refractivity contribution in [3.63, 3.8) is 0 Å². The number of rotatable bonds is 4. The van der Waals surface area contributed by atoms with Crippen LogP contribution in [0.4, 0.5) is 4.79 Å². The highest BCUT2D eigenvalue weighted by Gasteiger charge is 2.29. The number of carboxylic acids is 1. The van der Waals surface area contributed by atoms with Gasteiger partial charge < -0.3 is 15.7 Å².